The van der Waals surface area contributed by atoms with E-state index >= 15 is 0 Å². The molecule has 2 amide bonds. The standard InChI is InChI=1S/C22H18FN3O2S3/c1-13-4-9-16-17(11-13)30-21(24-16)25-19(27)3-2-10-26-20(28)18(31-22(26)29)12-14-5-7-15(23)8-6-14/h4-9,11-12H,2-3,10H2,1H3,(H,24,25,27)/b18-12-. The Balaban J connectivity index is 1.31. The molecule has 31 heavy (non-hydrogen) atoms. The molecule has 9 heteroatoms. The van der Waals surface area contributed by atoms with Gasteiger partial charge in [0.1, 0.15) is 10.1 Å². The molecular formula is C22H18FN3O2S3. The van der Waals surface area contributed by atoms with Crippen LogP contribution in [0.2, 0.25) is 0 Å². The van der Waals surface area contributed by atoms with Gasteiger partial charge in [0.15, 0.2) is 5.13 Å². The van der Waals surface area contributed by atoms with Gasteiger partial charge in [0.25, 0.3) is 5.91 Å². The van der Waals surface area contributed by atoms with Crippen molar-refractivity contribution < 1.29 is 14.0 Å². The van der Waals surface area contributed by atoms with Crippen LogP contribution < -0.4 is 5.32 Å². The molecule has 1 N–H and O–H groups in total. The Hall–Kier alpha value is -2.62. The number of thiocarbonyl (C=S) groups is 1. The number of amides is 2. The van der Waals surface area contributed by atoms with E-state index in [0.717, 1.165) is 21.3 Å². The maximum atomic E-state index is 13.1. The zero-order valence-corrected chi connectivity index (χ0v) is 19.0. The Morgan fingerprint density at radius 2 is 2.03 bits per heavy atom. The van der Waals surface area contributed by atoms with Crippen molar-refractivity contribution in [3.63, 3.8) is 0 Å². The molecule has 1 fully saturated rings. The first-order valence-electron chi connectivity index (χ1n) is 9.57. The van der Waals surface area contributed by atoms with Gasteiger partial charge >= 0.3 is 0 Å². The molecule has 158 valence electrons. The number of rotatable bonds is 6. The van der Waals surface area contributed by atoms with Crippen LogP contribution in [-0.2, 0) is 9.59 Å². The van der Waals surface area contributed by atoms with Crippen molar-refractivity contribution >= 4 is 72.9 Å². The zero-order valence-electron chi connectivity index (χ0n) is 16.6. The summed E-state index contributed by atoms with van der Waals surface area (Å²) in [5, 5.41) is 3.40. The number of benzene rings is 2. The number of carbonyl (C=O) groups excluding carboxylic acids is 2. The lowest BCUT2D eigenvalue weighted by molar-refractivity contribution is -0.122. The molecule has 4 rings (SSSR count). The summed E-state index contributed by atoms with van der Waals surface area (Å²) in [7, 11) is 0. The fourth-order valence-corrected chi connectivity index (χ4v) is 5.36. The second kappa shape index (κ2) is 9.25. The smallest absolute Gasteiger partial charge is 0.266 e. The number of carbonyl (C=O) groups is 2. The largest absolute Gasteiger partial charge is 0.302 e. The number of fused-ring (bicyclic) bond motifs is 1. The number of anilines is 1. The first-order chi connectivity index (χ1) is 14.9. The molecule has 5 nitrogen and oxygen atoms in total. The van der Waals surface area contributed by atoms with E-state index in [1.165, 1.54) is 40.1 Å². The highest BCUT2D eigenvalue weighted by Gasteiger charge is 2.31. The summed E-state index contributed by atoms with van der Waals surface area (Å²) in [5.74, 6) is -0.673. The minimum absolute atomic E-state index is 0.150. The van der Waals surface area contributed by atoms with E-state index in [1.807, 2.05) is 25.1 Å². The molecule has 3 aromatic rings. The van der Waals surface area contributed by atoms with Crippen molar-refractivity contribution in [2.75, 3.05) is 11.9 Å². The number of thioether (sulfide) groups is 1. The van der Waals surface area contributed by atoms with Crippen molar-refractivity contribution in [2.45, 2.75) is 19.8 Å². The number of nitrogens with one attached hydrogen (secondary N) is 1. The lowest BCUT2D eigenvalue weighted by Crippen LogP contribution is -2.29. The number of aryl methyl sites for hydroxylation is 1. The van der Waals surface area contributed by atoms with Gasteiger partial charge in [0, 0.05) is 13.0 Å². The van der Waals surface area contributed by atoms with Crippen LogP contribution in [0.3, 0.4) is 0 Å². The molecule has 1 saturated heterocycles. The first kappa shape index (κ1) is 21.6. The Morgan fingerprint density at radius 3 is 2.81 bits per heavy atom. The molecule has 0 atom stereocenters. The molecule has 0 aliphatic carbocycles. The van der Waals surface area contributed by atoms with Crippen molar-refractivity contribution in [3.8, 4) is 0 Å². The Morgan fingerprint density at radius 1 is 1.26 bits per heavy atom. The molecular weight excluding hydrogens is 453 g/mol. The summed E-state index contributed by atoms with van der Waals surface area (Å²) in [5.41, 5.74) is 2.73. The monoisotopic (exact) mass is 471 g/mol. The summed E-state index contributed by atoms with van der Waals surface area (Å²) in [6.07, 6.45) is 2.43. The predicted octanol–water partition coefficient (Wildman–Crippen LogP) is 5.36. The maximum Gasteiger partial charge on any atom is 0.266 e. The Kier molecular flexibility index (Phi) is 6.45. The average molecular weight is 472 g/mol. The van der Waals surface area contributed by atoms with Crippen LogP contribution in [0.1, 0.15) is 24.0 Å². The van der Waals surface area contributed by atoms with Gasteiger partial charge in [0.2, 0.25) is 5.91 Å². The lowest BCUT2D eigenvalue weighted by Gasteiger charge is -2.13. The summed E-state index contributed by atoms with van der Waals surface area (Å²) in [6, 6.07) is 11.9. The van der Waals surface area contributed by atoms with Gasteiger partial charge < -0.3 is 5.32 Å². The van der Waals surface area contributed by atoms with Gasteiger partial charge in [-0.2, -0.15) is 0 Å². The predicted molar refractivity (Wildman–Crippen MR) is 128 cm³/mol. The van der Waals surface area contributed by atoms with E-state index in [-0.39, 0.29) is 24.1 Å². The summed E-state index contributed by atoms with van der Waals surface area (Å²) in [6.45, 7) is 2.37. The van der Waals surface area contributed by atoms with Crippen LogP contribution in [0.4, 0.5) is 9.52 Å². The molecule has 0 spiro atoms. The molecule has 1 aliphatic heterocycles. The van der Waals surface area contributed by atoms with Crippen LogP contribution in [0, 0.1) is 12.7 Å². The van der Waals surface area contributed by atoms with Gasteiger partial charge in [-0.25, -0.2) is 9.37 Å². The van der Waals surface area contributed by atoms with Gasteiger partial charge in [-0.3, -0.25) is 14.5 Å². The second-order valence-corrected chi connectivity index (χ2v) is 9.73. The lowest BCUT2D eigenvalue weighted by atomic mass is 10.2. The zero-order chi connectivity index (χ0) is 22.0. The fraction of sp³-hybridized carbons (Fsp3) is 0.182. The SMILES string of the molecule is Cc1ccc2nc(NC(=O)CCCN3C(=O)/C(=C/c4ccc(F)cc4)SC3=S)sc2c1. The van der Waals surface area contributed by atoms with E-state index in [1.54, 1.807) is 18.2 Å². The van der Waals surface area contributed by atoms with Crippen molar-refractivity contribution in [2.24, 2.45) is 0 Å². The molecule has 0 saturated carbocycles. The van der Waals surface area contributed by atoms with E-state index in [2.05, 4.69) is 10.3 Å². The minimum Gasteiger partial charge on any atom is -0.302 e. The molecule has 0 unspecified atom stereocenters. The van der Waals surface area contributed by atoms with Crippen molar-refractivity contribution in [1.29, 1.82) is 0 Å². The third-order valence-electron chi connectivity index (χ3n) is 4.62. The number of nitrogens with zero attached hydrogens (tertiary/aromatic N) is 2. The van der Waals surface area contributed by atoms with E-state index in [9.17, 15) is 14.0 Å². The highest BCUT2D eigenvalue weighted by atomic mass is 32.2. The summed E-state index contributed by atoms with van der Waals surface area (Å²) < 4.78 is 14.5. The number of thiazole rings is 1. The number of aromatic nitrogens is 1. The highest BCUT2D eigenvalue weighted by molar-refractivity contribution is 8.26. The van der Waals surface area contributed by atoms with Gasteiger partial charge in [-0.1, -0.05) is 53.5 Å². The Labute approximate surface area is 192 Å². The van der Waals surface area contributed by atoms with Gasteiger partial charge in [-0.15, -0.1) is 0 Å². The Bertz CT molecular complexity index is 1200. The minimum atomic E-state index is -0.330. The molecule has 1 aliphatic rings. The van der Waals surface area contributed by atoms with E-state index in [4.69, 9.17) is 12.2 Å². The average Bonchev–Trinajstić information content (AvgIpc) is 3.24. The van der Waals surface area contributed by atoms with Crippen LogP contribution in [-0.4, -0.2) is 32.6 Å². The summed E-state index contributed by atoms with van der Waals surface area (Å²) in [4.78, 5) is 31.4. The summed E-state index contributed by atoms with van der Waals surface area (Å²) >= 11 is 7.97. The van der Waals surface area contributed by atoms with Crippen LogP contribution >= 0.6 is 35.3 Å². The molecule has 0 radical (unpaired) electrons. The van der Waals surface area contributed by atoms with E-state index in [0.29, 0.717) is 27.3 Å². The quantitative estimate of drug-likeness (QED) is 0.387. The van der Waals surface area contributed by atoms with Crippen molar-refractivity contribution in [3.05, 3.63) is 64.3 Å². The maximum absolute atomic E-state index is 13.1. The van der Waals surface area contributed by atoms with Crippen LogP contribution in [0.5, 0.6) is 0 Å². The number of halogens is 1. The van der Waals surface area contributed by atoms with Gasteiger partial charge in [0.05, 0.1) is 15.1 Å². The molecule has 2 aromatic carbocycles. The molecule has 1 aromatic heterocycles. The van der Waals surface area contributed by atoms with Crippen molar-refractivity contribution in [1.82, 2.24) is 9.88 Å². The highest BCUT2D eigenvalue weighted by Crippen LogP contribution is 2.33. The first-order valence-corrected chi connectivity index (χ1v) is 11.6. The second-order valence-electron chi connectivity index (χ2n) is 7.03. The fourth-order valence-electron chi connectivity index (χ4n) is 3.07. The van der Waals surface area contributed by atoms with E-state index < -0.39 is 0 Å². The third-order valence-corrected chi connectivity index (χ3v) is 6.93. The number of hydrogen-bond donors (Lipinski definition) is 1. The molecule has 0 bridgehead atoms. The normalized spacial score (nSPS) is 15.3. The number of hydrogen-bond acceptors (Lipinski definition) is 6. The van der Waals surface area contributed by atoms with Gasteiger partial charge in [-0.05, 0) is 54.8 Å². The third kappa shape index (κ3) is 5.17. The topological polar surface area (TPSA) is 62.3 Å². The van der Waals surface area contributed by atoms with Crippen LogP contribution in [0.25, 0.3) is 16.3 Å². The van der Waals surface area contributed by atoms with Crippen LogP contribution in [0.15, 0.2) is 47.4 Å². The molecule has 2 heterocycles.